The highest BCUT2D eigenvalue weighted by Gasteiger charge is 2.75. The fourth-order valence-electron chi connectivity index (χ4n) is 10.6. The van der Waals surface area contributed by atoms with E-state index < -0.39 is 139 Å². The number of fused-ring (bicyclic) bond motifs is 3. The maximum atomic E-state index is 13.4. The van der Waals surface area contributed by atoms with Crippen LogP contribution < -0.4 is 11.3 Å². The standard InChI is InChI=1S/C20H24N4O7S.C15H16N4O7S.C14H13N3O6S/c1-20(12-31-19(28)23-9-7-22(2)8-10-23)15(18(26)27)24-16(25)14(17(24)32(20,29)30)11-13-5-3-4-6-21-13;1-15(7-26-14(23)18-16)10(13(21)22)19-11(20)9(12(19)27(15,24)25)6-8-4-2-3-5-17-8;1-14(7-16-21)10(13(19)20)17-11(18)9(12(17)24(14,22)23)6-8-4-2-3-5-15-8/h3-6,11,15,17H,7-10,12H2,1-2H3,(H,26,27);2-6,10,12H,7,16H2,1H3,(H,18,23)(H,21,22);2-7,10,12,21H,1H3,(H,19,20)/b14-11-;9-6-;9-6-,16-7+/t15-,17+,20-;10-,12+,15-;10-,12+,14-/m000/s1. The number of hydrazine groups is 1. The van der Waals surface area contributed by atoms with E-state index in [0.29, 0.717) is 49.5 Å². The topological polar surface area (TPSA) is 444 Å². The Morgan fingerprint density at radius 1 is 0.614 bits per heavy atom. The number of aliphatic carboxylic acids is 3. The molecule has 9 atom stereocenters. The minimum atomic E-state index is -4.25. The fourth-order valence-corrected chi connectivity index (χ4v) is 17.4. The molecular formula is C49H53N11O20S3. The number of rotatable bonds is 11. The quantitative estimate of drug-likeness (QED) is 0.0236. The third-order valence-corrected chi connectivity index (χ3v) is 23.2. The predicted octanol–water partition coefficient (Wildman–Crippen LogP) is -1.74. The number of carboxylic acids is 3. The van der Waals surface area contributed by atoms with E-state index >= 15 is 0 Å². The normalized spacial score (nSPS) is 31.0. The van der Waals surface area contributed by atoms with Crippen LogP contribution in [0.4, 0.5) is 9.59 Å². The van der Waals surface area contributed by atoms with Gasteiger partial charge in [-0.25, -0.2) is 55.1 Å². The smallest absolute Gasteiger partial charge is 0.421 e. The van der Waals surface area contributed by atoms with Gasteiger partial charge < -0.3 is 54.5 Å². The van der Waals surface area contributed by atoms with Crippen molar-refractivity contribution in [2.45, 2.75) is 69.3 Å². The summed E-state index contributed by atoms with van der Waals surface area (Å²) in [5.74, 6) is -1.71. The van der Waals surface area contributed by atoms with E-state index in [-0.39, 0.29) is 16.7 Å². The fraction of sp³-hybridized carbons (Fsp3) is 0.388. The van der Waals surface area contributed by atoms with Crippen molar-refractivity contribution >= 4 is 102 Å². The Hall–Kier alpha value is -8.73. The minimum absolute atomic E-state index is 0.0518. The molecule has 31 nitrogen and oxygen atoms in total. The summed E-state index contributed by atoms with van der Waals surface area (Å²) in [6, 6.07) is 9.73. The molecule has 3 aromatic rings. The highest BCUT2D eigenvalue weighted by molar-refractivity contribution is 7.95. The van der Waals surface area contributed by atoms with Gasteiger partial charge in [-0.1, -0.05) is 18.2 Å². The predicted molar refractivity (Wildman–Crippen MR) is 284 cm³/mol. The second-order valence-electron chi connectivity index (χ2n) is 20.2. The van der Waals surface area contributed by atoms with Gasteiger partial charge in [0.2, 0.25) is 0 Å². The number of hydrogen-bond donors (Lipinski definition) is 6. The first kappa shape index (κ1) is 60.4. The van der Waals surface area contributed by atoms with E-state index in [0.717, 1.165) is 28.5 Å². The van der Waals surface area contributed by atoms with E-state index in [2.05, 4.69) is 20.1 Å². The number of nitrogens with one attached hydrogen (secondary N) is 1. The summed E-state index contributed by atoms with van der Waals surface area (Å²) >= 11 is 0. The maximum Gasteiger partial charge on any atom is 0.421 e. The lowest BCUT2D eigenvalue weighted by Gasteiger charge is -2.38. The first-order valence-electron chi connectivity index (χ1n) is 24.6. The highest BCUT2D eigenvalue weighted by atomic mass is 32.2. The molecule has 0 saturated carbocycles. The van der Waals surface area contributed by atoms with E-state index in [4.69, 9.17) is 20.5 Å². The van der Waals surface area contributed by atoms with Crippen molar-refractivity contribution in [3.05, 3.63) is 107 Å². The number of likely N-dealkylation sites (N-methyl/N-ethyl adjacent to an activating group) is 1. The molecule has 34 heteroatoms. The lowest BCUT2D eigenvalue weighted by molar-refractivity contribution is -0.153. The van der Waals surface area contributed by atoms with E-state index in [1.807, 2.05) is 11.9 Å². The molecular weight excluding hydrogens is 1160 g/mol. The number of aromatic nitrogens is 3. The van der Waals surface area contributed by atoms with Crippen molar-refractivity contribution in [2.24, 2.45) is 11.0 Å². The Labute approximate surface area is 472 Å². The van der Waals surface area contributed by atoms with E-state index in [1.54, 1.807) is 60.0 Å². The average molecular weight is 1210 g/mol. The van der Waals surface area contributed by atoms with Crippen LogP contribution in [0.1, 0.15) is 37.9 Å². The summed E-state index contributed by atoms with van der Waals surface area (Å²) in [4.78, 5) is 115. The van der Waals surface area contributed by atoms with Gasteiger partial charge in [0.15, 0.2) is 63.8 Å². The third kappa shape index (κ3) is 9.86. The zero-order valence-electron chi connectivity index (χ0n) is 44.1. The largest absolute Gasteiger partial charge is 0.480 e. The van der Waals surface area contributed by atoms with Crippen molar-refractivity contribution in [1.29, 1.82) is 0 Å². The molecule has 7 fully saturated rings. The second kappa shape index (κ2) is 22.2. The Morgan fingerprint density at radius 2 is 0.976 bits per heavy atom. The van der Waals surface area contributed by atoms with Crippen LogP contribution in [0.15, 0.2) is 95.1 Å². The summed E-state index contributed by atoms with van der Waals surface area (Å²) in [6.07, 6.45) is 7.25. The SMILES string of the molecule is CN1CCN(C(=O)OC[C@@]2(C)[C@H](C(=O)O)N3C(=O)/C(=C/c4ccccn4)[C@H]3S2(=O)=O)CC1.C[C@]1(/C=N/O)[C@H](C(=O)O)N2C(=O)/C(=C/c3ccccn3)[C@H]2S1(=O)=O.C[C@]1(COC(=O)NN)[C@H](C(=O)O)N2C(=O)/C(=C/c3ccccn3)[C@H]2S1(=O)=O. The summed E-state index contributed by atoms with van der Waals surface area (Å²) in [5, 5.41) is 35.9. The monoisotopic (exact) mass is 1210 g/mol. The van der Waals surface area contributed by atoms with Gasteiger partial charge in [0.1, 0.15) is 27.5 Å². The van der Waals surface area contributed by atoms with Gasteiger partial charge in [-0.3, -0.25) is 34.8 Å². The molecule has 5 amide bonds. The first-order valence-corrected chi connectivity index (χ1v) is 29.3. The molecule has 0 aliphatic carbocycles. The molecule has 3 aromatic heterocycles. The molecule has 0 bridgehead atoms. The van der Waals surface area contributed by atoms with Gasteiger partial charge in [0, 0.05) is 44.8 Å². The van der Waals surface area contributed by atoms with Crippen molar-refractivity contribution in [1.82, 2.24) is 44.9 Å². The average Bonchev–Trinajstić information content (AvgIpc) is 1.61. The molecule has 7 N–H and O–H groups in total. The van der Waals surface area contributed by atoms with Crippen LogP contribution in [-0.2, 0) is 67.8 Å². The summed E-state index contributed by atoms with van der Waals surface area (Å²) in [5.41, 5.74) is 2.58. The van der Waals surface area contributed by atoms with Gasteiger partial charge in [0.25, 0.3) is 17.7 Å². The molecule has 0 spiro atoms. The van der Waals surface area contributed by atoms with Crippen molar-refractivity contribution in [3.8, 4) is 0 Å². The third-order valence-electron chi connectivity index (χ3n) is 15.2. The Morgan fingerprint density at radius 3 is 1.31 bits per heavy atom. The molecule has 83 heavy (non-hydrogen) atoms. The molecule has 10 rings (SSSR count). The molecule has 10 heterocycles. The number of sulfone groups is 3. The second-order valence-corrected chi connectivity index (χ2v) is 27.6. The first-order chi connectivity index (χ1) is 39.0. The van der Waals surface area contributed by atoms with Crippen molar-refractivity contribution < 1.29 is 93.6 Å². The van der Waals surface area contributed by atoms with Gasteiger partial charge in [-0.05, 0) is 82.4 Å². The molecule has 0 radical (unpaired) electrons. The number of ether oxygens (including phenoxy) is 2. The van der Waals surface area contributed by atoms with Crippen LogP contribution in [0, 0.1) is 0 Å². The minimum Gasteiger partial charge on any atom is -0.480 e. The van der Waals surface area contributed by atoms with Gasteiger partial charge in [-0.2, -0.15) is 0 Å². The Kier molecular flexibility index (Phi) is 16.2. The number of carboxylic acid groups (broad SMARTS) is 3. The summed E-state index contributed by atoms with van der Waals surface area (Å²) in [6.45, 7) is 4.13. The maximum absolute atomic E-state index is 13.4. The van der Waals surface area contributed by atoms with Gasteiger partial charge in [0.05, 0.1) is 40.0 Å². The lowest BCUT2D eigenvalue weighted by Crippen LogP contribution is -2.59. The van der Waals surface area contributed by atoms with E-state index in [1.165, 1.54) is 48.6 Å². The zero-order valence-corrected chi connectivity index (χ0v) is 46.5. The number of amides is 5. The van der Waals surface area contributed by atoms with Crippen LogP contribution in [-0.4, -0.2) is 234 Å². The number of piperazine rings is 1. The van der Waals surface area contributed by atoms with Crippen molar-refractivity contribution in [3.63, 3.8) is 0 Å². The number of β-lactam (4-membered cyclic amide) rings is 3. The number of nitrogens with two attached hydrogens (primary N) is 1. The van der Waals surface area contributed by atoms with Crippen LogP contribution >= 0.6 is 0 Å². The lowest BCUT2D eigenvalue weighted by atomic mass is 9.94. The molecule has 7 saturated heterocycles. The number of carbonyl (C=O) groups is 8. The molecule has 7 aliphatic rings. The number of oxime groups is 1. The van der Waals surface area contributed by atoms with E-state index in [9.17, 15) is 78.9 Å². The number of pyridine rings is 3. The highest BCUT2D eigenvalue weighted by Crippen LogP contribution is 2.51. The summed E-state index contributed by atoms with van der Waals surface area (Å²) < 4.78 is 82.6. The Balaban J connectivity index is 0.000000164. The van der Waals surface area contributed by atoms with Gasteiger partial charge in [-0.15, -0.1) is 5.16 Å². The Bertz CT molecular complexity index is 3660. The summed E-state index contributed by atoms with van der Waals surface area (Å²) in [7, 11) is -10.7. The van der Waals surface area contributed by atoms with Crippen LogP contribution in [0.2, 0.25) is 0 Å². The zero-order chi connectivity index (χ0) is 60.9. The van der Waals surface area contributed by atoms with Crippen LogP contribution in [0.5, 0.6) is 0 Å². The van der Waals surface area contributed by atoms with Crippen molar-refractivity contribution in [2.75, 3.05) is 46.4 Å². The molecule has 442 valence electrons. The van der Waals surface area contributed by atoms with Crippen LogP contribution in [0.3, 0.4) is 0 Å². The number of nitrogens with zero attached hydrogens (tertiary/aromatic N) is 9. The number of hydrogen-bond acceptors (Lipinski definition) is 23. The van der Waals surface area contributed by atoms with Gasteiger partial charge >= 0.3 is 30.1 Å². The van der Waals surface area contributed by atoms with Crippen LogP contribution in [0.25, 0.3) is 18.2 Å². The molecule has 0 unspecified atom stereocenters. The number of carbonyl (C=O) groups excluding carboxylic acids is 5. The molecule has 7 aliphatic heterocycles. The molecule has 0 aromatic carbocycles.